The van der Waals surface area contributed by atoms with E-state index in [1.807, 2.05) is 61.7 Å². The average Bonchev–Trinajstić information content (AvgIpc) is 3.50. The molecule has 0 bridgehead atoms. The number of thiophene rings is 1. The summed E-state index contributed by atoms with van der Waals surface area (Å²) in [4.78, 5) is 17.1. The predicted molar refractivity (Wildman–Crippen MR) is 133 cm³/mol. The number of carbonyl (C=O) groups is 1. The van der Waals surface area contributed by atoms with Crippen molar-refractivity contribution < 1.29 is 14.1 Å². The van der Waals surface area contributed by atoms with Gasteiger partial charge >= 0.3 is 0 Å². The zero-order valence-electron chi connectivity index (χ0n) is 18.7. The summed E-state index contributed by atoms with van der Waals surface area (Å²) in [5.74, 6) is 0.618. The number of amides is 1. The number of carbonyl (C=O) groups excluding carboxylic acids is 1. The van der Waals surface area contributed by atoms with Crippen LogP contribution in [0.1, 0.15) is 39.7 Å². The molecule has 1 amide bonds. The molecule has 5 rings (SSSR count). The Labute approximate surface area is 204 Å². The van der Waals surface area contributed by atoms with Gasteiger partial charge in [-0.1, -0.05) is 41.0 Å². The normalized spacial score (nSPS) is 12.2. The third-order valence-corrected chi connectivity index (χ3v) is 7.14. The molecule has 0 unspecified atom stereocenters. The maximum atomic E-state index is 12.2. The van der Waals surface area contributed by atoms with Gasteiger partial charge in [-0.2, -0.15) is 0 Å². The largest absolute Gasteiger partial charge is 0.484 e. The minimum atomic E-state index is -0.553. The van der Waals surface area contributed by atoms with E-state index in [4.69, 9.17) is 26.6 Å². The van der Waals surface area contributed by atoms with Crippen LogP contribution in [0.15, 0.2) is 59.4 Å². The van der Waals surface area contributed by atoms with E-state index in [0.29, 0.717) is 15.6 Å². The summed E-state index contributed by atoms with van der Waals surface area (Å²) in [5, 5.41) is 5.40. The van der Waals surface area contributed by atoms with Crippen molar-refractivity contribution in [3.8, 4) is 21.9 Å². The van der Waals surface area contributed by atoms with E-state index >= 15 is 0 Å². The number of benzene rings is 2. The zero-order chi connectivity index (χ0) is 24.0. The number of aromatic nitrogens is 3. The second-order valence-corrected chi connectivity index (χ2v) is 9.38. The van der Waals surface area contributed by atoms with Crippen molar-refractivity contribution >= 4 is 39.9 Å². The van der Waals surface area contributed by atoms with Crippen LogP contribution in [0.5, 0.6) is 5.75 Å². The van der Waals surface area contributed by atoms with Crippen molar-refractivity contribution in [3.63, 3.8) is 0 Å². The Morgan fingerprint density at radius 2 is 2.00 bits per heavy atom. The Balaban J connectivity index is 1.52. The Bertz CT molecular complexity index is 1510. The topological polar surface area (TPSA) is 96.2 Å². The summed E-state index contributed by atoms with van der Waals surface area (Å²) in [5.41, 5.74) is 11.0. The number of hydrogen-bond acceptors (Lipinski definition) is 6. The smallest absolute Gasteiger partial charge is 0.262 e. The predicted octanol–water partition coefficient (Wildman–Crippen LogP) is 6.25. The molecule has 2 N–H and O–H groups in total. The Morgan fingerprint density at radius 1 is 1.21 bits per heavy atom. The lowest BCUT2D eigenvalue weighted by molar-refractivity contribution is 0.0998. The van der Waals surface area contributed by atoms with Gasteiger partial charge in [-0.15, -0.1) is 11.3 Å². The second-order valence-electron chi connectivity index (χ2n) is 7.94. The number of hydrogen-bond donors (Lipinski definition) is 1. The molecule has 0 spiro atoms. The monoisotopic (exact) mass is 492 g/mol. The lowest BCUT2D eigenvalue weighted by atomic mass is 10.0. The maximum Gasteiger partial charge on any atom is 0.262 e. The number of ether oxygens (including phenoxy) is 1. The molecule has 3 aromatic heterocycles. The molecular formula is C25H21ClN4O3S. The molecule has 0 radical (unpaired) electrons. The molecule has 0 saturated heterocycles. The van der Waals surface area contributed by atoms with Gasteiger partial charge in [-0.25, -0.2) is 4.98 Å². The fourth-order valence-electron chi connectivity index (χ4n) is 4.04. The van der Waals surface area contributed by atoms with E-state index in [9.17, 15) is 4.79 Å². The highest BCUT2D eigenvalue weighted by atomic mass is 35.5. The molecule has 2 aromatic carbocycles. The second kappa shape index (κ2) is 8.62. The van der Waals surface area contributed by atoms with Gasteiger partial charge < -0.3 is 15.0 Å². The number of nitrogens with two attached hydrogens (primary N) is 1. The summed E-state index contributed by atoms with van der Waals surface area (Å²) in [7, 11) is 0. The van der Waals surface area contributed by atoms with Gasteiger partial charge in [0.2, 0.25) is 0 Å². The number of halogens is 1. The highest BCUT2D eigenvalue weighted by molar-refractivity contribution is 7.16. The maximum absolute atomic E-state index is 12.2. The van der Waals surface area contributed by atoms with Gasteiger partial charge in [0.1, 0.15) is 33.8 Å². The molecule has 5 aromatic rings. The number of rotatable bonds is 6. The van der Waals surface area contributed by atoms with Crippen LogP contribution >= 0.6 is 22.9 Å². The van der Waals surface area contributed by atoms with Crippen molar-refractivity contribution in [2.45, 2.75) is 26.9 Å². The average molecular weight is 493 g/mol. The van der Waals surface area contributed by atoms with Crippen molar-refractivity contribution in [2.24, 2.45) is 5.73 Å². The van der Waals surface area contributed by atoms with Gasteiger partial charge in [0.05, 0.1) is 16.7 Å². The van der Waals surface area contributed by atoms with Crippen LogP contribution in [0.3, 0.4) is 0 Å². The van der Waals surface area contributed by atoms with E-state index in [1.54, 1.807) is 18.5 Å². The molecule has 0 aliphatic rings. The van der Waals surface area contributed by atoms with Crippen LogP contribution in [0.4, 0.5) is 0 Å². The van der Waals surface area contributed by atoms with Crippen molar-refractivity contribution in [1.29, 1.82) is 0 Å². The molecule has 9 heteroatoms. The van der Waals surface area contributed by atoms with E-state index in [0.717, 1.165) is 44.2 Å². The molecular weight excluding hydrogens is 472 g/mol. The van der Waals surface area contributed by atoms with Crippen LogP contribution in [0.2, 0.25) is 5.02 Å². The third-order valence-electron chi connectivity index (χ3n) is 5.66. The first-order valence-electron chi connectivity index (χ1n) is 10.6. The molecule has 0 aliphatic carbocycles. The number of fused-ring (bicyclic) bond motifs is 1. The SMILES string of the molecule is Cc1noc(C)c1-c1ccc2c(c1)ncn2-c1cc(O[C@H](C)c2ccccc2Cl)c(C(N)=O)s1. The van der Waals surface area contributed by atoms with Crippen LogP contribution in [-0.2, 0) is 0 Å². The molecule has 0 saturated carbocycles. The molecule has 34 heavy (non-hydrogen) atoms. The van der Waals surface area contributed by atoms with Crippen LogP contribution in [-0.4, -0.2) is 20.6 Å². The fraction of sp³-hybridized carbons (Fsp3) is 0.160. The van der Waals surface area contributed by atoms with Gasteiger partial charge in [0, 0.05) is 22.2 Å². The van der Waals surface area contributed by atoms with Gasteiger partial charge in [0.25, 0.3) is 5.91 Å². The Hall–Kier alpha value is -3.62. The van der Waals surface area contributed by atoms with Gasteiger partial charge in [-0.05, 0) is 44.5 Å². The quantitative estimate of drug-likeness (QED) is 0.302. The number of aryl methyl sites for hydroxylation is 2. The number of imidazole rings is 1. The minimum Gasteiger partial charge on any atom is -0.484 e. The molecule has 172 valence electrons. The van der Waals surface area contributed by atoms with Crippen LogP contribution < -0.4 is 10.5 Å². The first kappa shape index (κ1) is 22.2. The molecule has 7 nitrogen and oxygen atoms in total. The highest BCUT2D eigenvalue weighted by Crippen LogP contribution is 2.37. The standard InChI is InChI=1S/C25H21ClN4O3S/c1-13-23(15(3)33-29-13)16-8-9-20-19(10-16)28-12-30(20)22-11-21(24(34-22)25(27)31)32-14(2)17-6-4-5-7-18(17)26/h4-12,14H,1-3H3,(H2,27,31)/t14-/m1/s1. The minimum absolute atomic E-state index is 0.336. The summed E-state index contributed by atoms with van der Waals surface area (Å²) in [6.45, 7) is 5.68. The van der Waals surface area contributed by atoms with E-state index in [-0.39, 0.29) is 6.10 Å². The first-order chi connectivity index (χ1) is 16.3. The van der Waals surface area contributed by atoms with Crippen molar-refractivity contribution in [1.82, 2.24) is 14.7 Å². The van der Waals surface area contributed by atoms with E-state index in [2.05, 4.69) is 10.1 Å². The highest BCUT2D eigenvalue weighted by Gasteiger charge is 2.21. The number of primary amides is 1. The molecule has 0 aliphatic heterocycles. The summed E-state index contributed by atoms with van der Waals surface area (Å²) >= 11 is 7.57. The van der Waals surface area contributed by atoms with Crippen molar-refractivity contribution in [2.75, 3.05) is 0 Å². The Kier molecular flexibility index (Phi) is 5.63. The summed E-state index contributed by atoms with van der Waals surface area (Å²) in [6, 6.07) is 15.2. The summed E-state index contributed by atoms with van der Waals surface area (Å²) < 4.78 is 13.4. The fourth-order valence-corrected chi connectivity index (χ4v) is 5.25. The molecule has 0 fully saturated rings. The lowest BCUT2D eigenvalue weighted by Crippen LogP contribution is -2.12. The van der Waals surface area contributed by atoms with E-state index in [1.165, 1.54) is 11.3 Å². The summed E-state index contributed by atoms with van der Waals surface area (Å²) in [6.07, 6.45) is 1.35. The van der Waals surface area contributed by atoms with Crippen molar-refractivity contribution in [3.05, 3.63) is 81.8 Å². The van der Waals surface area contributed by atoms with Crippen LogP contribution in [0.25, 0.3) is 27.2 Å². The van der Waals surface area contributed by atoms with Gasteiger partial charge in [-0.3, -0.25) is 9.36 Å². The van der Waals surface area contributed by atoms with Crippen LogP contribution in [0, 0.1) is 13.8 Å². The number of nitrogens with zero attached hydrogens (tertiary/aromatic N) is 3. The lowest BCUT2D eigenvalue weighted by Gasteiger charge is -2.16. The zero-order valence-corrected chi connectivity index (χ0v) is 20.3. The third kappa shape index (κ3) is 3.85. The Morgan fingerprint density at radius 3 is 2.71 bits per heavy atom. The first-order valence-corrected chi connectivity index (χ1v) is 11.8. The molecule has 1 atom stereocenters. The molecule has 3 heterocycles. The van der Waals surface area contributed by atoms with Gasteiger partial charge in [0.15, 0.2) is 0 Å². The van der Waals surface area contributed by atoms with E-state index < -0.39 is 5.91 Å².